The molecule has 1 aliphatic rings. The average Bonchev–Trinajstić information content (AvgIpc) is 3.21. The van der Waals surface area contributed by atoms with Crippen molar-refractivity contribution in [2.45, 2.75) is 19.4 Å². The molecule has 1 unspecified atom stereocenters. The van der Waals surface area contributed by atoms with E-state index in [0.717, 1.165) is 42.0 Å². The quantitative estimate of drug-likeness (QED) is 0.716. The van der Waals surface area contributed by atoms with Crippen LogP contribution in [0.3, 0.4) is 0 Å². The summed E-state index contributed by atoms with van der Waals surface area (Å²) in [6, 6.07) is 7.73. The van der Waals surface area contributed by atoms with Gasteiger partial charge in [-0.25, -0.2) is 15.0 Å². The Hall–Kier alpha value is -3.16. The number of aromatic amines is 1. The Labute approximate surface area is 157 Å². The van der Waals surface area contributed by atoms with Gasteiger partial charge in [-0.2, -0.15) is 0 Å². The van der Waals surface area contributed by atoms with Crippen molar-refractivity contribution < 1.29 is 9.53 Å². The smallest absolute Gasteiger partial charge is 0.225 e. The molecule has 1 amide bonds. The fourth-order valence-corrected chi connectivity index (χ4v) is 3.49. The van der Waals surface area contributed by atoms with Gasteiger partial charge in [-0.3, -0.25) is 4.79 Å². The number of methoxy groups -OCH3 is 1. The van der Waals surface area contributed by atoms with Gasteiger partial charge in [0.25, 0.3) is 0 Å². The third kappa shape index (κ3) is 3.69. The summed E-state index contributed by atoms with van der Waals surface area (Å²) in [7, 11) is 1.64. The summed E-state index contributed by atoms with van der Waals surface area (Å²) in [5.74, 6) is 1.59. The molecule has 2 N–H and O–H groups in total. The molecule has 0 aliphatic carbocycles. The van der Waals surface area contributed by atoms with Crippen LogP contribution in [-0.4, -0.2) is 46.0 Å². The number of H-pyrrole nitrogens is 1. The fourth-order valence-electron chi connectivity index (χ4n) is 3.49. The van der Waals surface area contributed by atoms with E-state index < -0.39 is 0 Å². The first-order chi connectivity index (χ1) is 13.2. The minimum absolute atomic E-state index is 0.0671. The topological polar surface area (TPSA) is 96.0 Å². The molecule has 27 heavy (non-hydrogen) atoms. The maximum absolute atomic E-state index is 12.7. The van der Waals surface area contributed by atoms with Gasteiger partial charge in [0.2, 0.25) is 5.91 Å². The van der Waals surface area contributed by atoms with Gasteiger partial charge in [-0.15, -0.1) is 0 Å². The molecule has 0 bridgehead atoms. The molecule has 1 saturated heterocycles. The molecule has 2 aromatic heterocycles. The molecule has 8 heteroatoms. The number of fused-ring (bicyclic) bond motifs is 1. The van der Waals surface area contributed by atoms with Crippen LogP contribution in [-0.2, 0) is 11.3 Å². The predicted molar refractivity (Wildman–Crippen MR) is 101 cm³/mol. The third-order valence-corrected chi connectivity index (χ3v) is 4.90. The zero-order chi connectivity index (χ0) is 18.6. The lowest BCUT2D eigenvalue weighted by Gasteiger charge is -2.32. The molecule has 0 radical (unpaired) electrons. The van der Waals surface area contributed by atoms with Crippen molar-refractivity contribution in [2.75, 3.05) is 25.1 Å². The second-order valence-corrected chi connectivity index (χ2v) is 6.65. The van der Waals surface area contributed by atoms with Crippen LogP contribution in [0, 0.1) is 5.92 Å². The normalized spacial score (nSPS) is 17.1. The number of nitrogens with zero attached hydrogens (tertiary/aromatic N) is 4. The average molecular weight is 366 g/mol. The first-order valence-electron chi connectivity index (χ1n) is 9.04. The van der Waals surface area contributed by atoms with E-state index in [4.69, 9.17) is 4.74 Å². The number of benzene rings is 1. The van der Waals surface area contributed by atoms with Gasteiger partial charge in [-0.05, 0) is 30.5 Å². The van der Waals surface area contributed by atoms with Crippen molar-refractivity contribution in [1.82, 2.24) is 25.3 Å². The Balaban J connectivity index is 1.41. The van der Waals surface area contributed by atoms with Crippen LogP contribution in [0.15, 0.2) is 36.9 Å². The number of rotatable bonds is 5. The van der Waals surface area contributed by atoms with E-state index >= 15 is 0 Å². The van der Waals surface area contributed by atoms with Crippen molar-refractivity contribution in [3.8, 4) is 5.75 Å². The number of anilines is 1. The van der Waals surface area contributed by atoms with Crippen LogP contribution in [0.1, 0.15) is 18.4 Å². The summed E-state index contributed by atoms with van der Waals surface area (Å²) in [6.07, 6.45) is 4.95. The van der Waals surface area contributed by atoms with Gasteiger partial charge in [-0.1, -0.05) is 12.1 Å². The maximum atomic E-state index is 12.7. The number of amides is 1. The van der Waals surface area contributed by atoms with Gasteiger partial charge < -0.3 is 19.9 Å². The van der Waals surface area contributed by atoms with Crippen LogP contribution in [0.5, 0.6) is 5.75 Å². The SMILES string of the molecule is COc1cccc(CNC(=O)C2CCCN(c3ncnc4nc[nH]c34)C2)c1. The van der Waals surface area contributed by atoms with E-state index in [1.54, 1.807) is 13.4 Å². The predicted octanol–water partition coefficient (Wildman–Crippen LogP) is 1.89. The van der Waals surface area contributed by atoms with Crippen LogP contribution in [0.2, 0.25) is 0 Å². The Morgan fingerprint density at radius 1 is 1.37 bits per heavy atom. The van der Waals surface area contributed by atoms with Crippen molar-refractivity contribution in [1.29, 1.82) is 0 Å². The number of hydrogen-bond acceptors (Lipinski definition) is 6. The van der Waals surface area contributed by atoms with E-state index in [1.165, 1.54) is 6.33 Å². The number of piperidine rings is 1. The summed E-state index contributed by atoms with van der Waals surface area (Å²) >= 11 is 0. The maximum Gasteiger partial charge on any atom is 0.225 e. The van der Waals surface area contributed by atoms with Crippen LogP contribution in [0.25, 0.3) is 11.2 Å². The highest BCUT2D eigenvalue weighted by Crippen LogP contribution is 2.25. The summed E-state index contributed by atoms with van der Waals surface area (Å²) in [5, 5.41) is 3.05. The fraction of sp³-hybridized carbons (Fsp3) is 0.368. The first-order valence-corrected chi connectivity index (χ1v) is 9.04. The van der Waals surface area contributed by atoms with E-state index in [9.17, 15) is 4.79 Å². The summed E-state index contributed by atoms with van der Waals surface area (Å²) in [4.78, 5) is 30.7. The minimum Gasteiger partial charge on any atom is -0.497 e. The van der Waals surface area contributed by atoms with Gasteiger partial charge in [0, 0.05) is 19.6 Å². The molecule has 4 rings (SSSR count). The monoisotopic (exact) mass is 366 g/mol. The number of hydrogen-bond donors (Lipinski definition) is 2. The van der Waals surface area contributed by atoms with E-state index in [0.29, 0.717) is 18.7 Å². The highest BCUT2D eigenvalue weighted by atomic mass is 16.5. The van der Waals surface area contributed by atoms with E-state index in [2.05, 4.69) is 30.2 Å². The molecule has 3 heterocycles. The summed E-state index contributed by atoms with van der Waals surface area (Å²) in [6.45, 7) is 1.99. The molecule has 0 saturated carbocycles. The molecule has 1 aromatic carbocycles. The Morgan fingerprint density at radius 2 is 2.30 bits per heavy atom. The van der Waals surface area contributed by atoms with Crippen molar-refractivity contribution in [3.63, 3.8) is 0 Å². The van der Waals surface area contributed by atoms with Crippen molar-refractivity contribution >= 4 is 22.9 Å². The van der Waals surface area contributed by atoms with E-state index in [-0.39, 0.29) is 11.8 Å². The molecule has 140 valence electrons. The Kier molecular flexibility index (Phi) is 4.86. The lowest BCUT2D eigenvalue weighted by molar-refractivity contribution is -0.125. The van der Waals surface area contributed by atoms with Crippen LogP contribution < -0.4 is 15.0 Å². The zero-order valence-corrected chi connectivity index (χ0v) is 15.2. The van der Waals surface area contributed by atoms with Crippen molar-refractivity contribution in [2.24, 2.45) is 5.92 Å². The number of imidazole rings is 1. The summed E-state index contributed by atoms with van der Waals surface area (Å²) in [5.41, 5.74) is 2.48. The number of carbonyl (C=O) groups excluding carboxylic acids is 1. The largest absolute Gasteiger partial charge is 0.497 e. The molecule has 8 nitrogen and oxygen atoms in total. The first kappa shape index (κ1) is 17.3. The van der Waals surface area contributed by atoms with Gasteiger partial charge in [0.1, 0.15) is 17.6 Å². The lowest BCUT2D eigenvalue weighted by atomic mass is 9.97. The van der Waals surface area contributed by atoms with Gasteiger partial charge >= 0.3 is 0 Å². The van der Waals surface area contributed by atoms with Crippen LogP contribution >= 0.6 is 0 Å². The highest BCUT2D eigenvalue weighted by Gasteiger charge is 2.27. The zero-order valence-electron chi connectivity index (χ0n) is 15.2. The minimum atomic E-state index is -0.0719. The number of ether oxygens (including phenoxy) is 1. The van der Waals surface area contributed by atoms with Crippen LogP contribution in [0.4, 0.5) is 5.82 Å². The molecule has 0 spiro atoms. The Bertz CT molecular complexity index is 941. The van der Waals surface area contributed by atoms with Gasteiger partial charge in [0.05, 0.1) is 19.4 Å². The number of aromatic nitrogens is 4. The molecule has 3 aromatic rings. The third-order valence-electron chi connectivity index (χ3n) is 4.90. The molecular weight excluding hydrogens is 344 g/mol. The molecule has 1 aliphatic heterocycles. The second kappa shape index (κ2) is 7.61. The lowest BCUT2D eigenvalue weighted by Crippen LogP contribution is -2.43. The highest BCUT2D eigenvalue weighted by molar-refractivity contribution is 5.84. The summed E-state index contributed by atoms with van der Waals surface area (Å²) < 4.78 is 5.23. The Morgan fingerprint density at radius 3 is 3.19 bits per heavy atom. The second-order valence-electron chi connectivity index (χ2n) is 6.65. The number of carbonyl (C=O) groups is 1. The molecular formula is C19H22N6O2. The van der Waals surface area contributed by atoms with Crippen molar-refractivity contribution in [3.05, 3.63) is 42.5 Å². The van der Waals surface area contributed by atoms with Gasteiger partial charge in [0.15, 0.2) is 11.5 Å². The molecule has 1 fully saturated rings. The van der Waals surface area contributed by atoms with E-state index in [1.807, 2.05) is 24.3 Å². The number of nitrogens with one attached hydrogen (secondary N) is 2. The standard InChI is InChI=1S/C19H22N6O2/c1-27-15-6-2-4-13(8-15)9-20-19(26)14-5-3-7-25(10-14)18-16-17(22-11-21-16)23-12-24-18/h2,4,6,8,11-12,14H,3,5,7,9-10H2,1H3,(H,20,26)(H,21,22,23,24). The molecule has 1 atom stereocenters.